The topological polar surface area (TPSA) is 44.8 Å². The second kappa shape index (κ2) is 8.23. The van der Waals surface area contributed by atoms with E-state index >= 15 is 0 Å². The van der Waals surface area contributed by atoms with Gasteiger partial charge in [-0.05, 0) is 55.4 Å². The van der Waals surface area contributed by atoms with Crippen molar-refractivity contribution in [3.63, 3.8) is 0 Å². The molecule has 5 nitrogen and oxygen atoms in total. The van der Waals surface area contributed by atoms with Gasteiger partial charge >= 0.3 is 0 Å². The minimum absolute atomic E-state index is 0.132. The lowest BCUT2D eigenvalue weighted by Crippen LogP contribution is -2.46. The summed E-state index contributed by atoms with van der Waals surface area (Å²) in [5.41, 5.74) is 3.60. The summed E-state index contributed by atoms with van der Waals surface area (Å²) in [5.74, 6) is 0.590. The first-order chi connectivity index (χ1) is 12.6. The average molecular weight is 353 g/mol. The van der Waals surface area contributed by atoms with Gasteiger partial charge in [-0.3, -0.25) is 4.79 Å². The van der Waals surface area contributed by atoms with E-state index in [4.69, 9.17) is 4.74 Å². The Hall–Kier alpha value is -2.53. The van der Waals surface area contributed by atoms with Gasteiger partial charge in [0.15, 0.2) is 0 Å². The standard InChI is InChI=1S/C21H27N3O2/c1-4-23-11-13-24(14-12-23)19-9-7-18(8-10-19)22-21(25)17-6-5-16(2)20(15-17)26-3/h5-10,15H,4,11-14H2,1-3H3,(H,22,25). The van der Waals surface area contributed by atoms with Crippen LogP contribution in [0.15, 0.2) is 42.5 Å². The lowest BCUT2D eigenvalue weighted by Gasteiger charge is -2.35. The van der Waals surface area contributed by atoms with Crippen LogP contribution in [-0.2, 0) is 0 Å². The molecular formula is C21H27N3O2. The minimum Gasteiger partial charge on any atom is -0.496 e. The Labute approximate surface area is 155 Å². The fourth-order valence-electron chi connectivity index (χ4n) is 3.24. The van der Waals surface area contributed by atoms with Crippen LogP contribution in [0.2, 0.25) is 0 Å². The Balaban J connectivity index is 1.63. The summed E-state index contributed by atoms with van der Waals surface area (Å²) in [7, 11) is 1.61. The molecule has 26 heavy (non-hydrogen) atoms. The van der Waals surface area contributed by atoms with Crippen LogP contribution in [0, 0.1) is 6.92 Å². The maximum absolute atomic E-state index is 12.5. The van der Waals surface area contributed by atoms with Crippen molar-refractivity contribution in [2.75, 3.05) is 50.1 Å². The molecule has 0 bridgehead atoms. The molecule has 0 atom stereocenters. The van der Waals surface area contributed by atoms with Gasteiger partial charge in [-0.15, -0.1) is 0 Å². The number of carbonyl (C=O) groups excluding carboxylic acids is 1. The van der Waals surface area contributed by atoms with Crippen molar-refractivity contribution in [2.45, 2.75) is 13.8 Å². The number of rotatable bonds is 5. The van der Waals surface area contributed by atoms with E-state index in [2.05, 4.69) is 34.2 Å². The Morgan fingerprint density at radius 1 is 1.08 bits per heavy atom. The molecule has 2 aromatic rings. The zero-order valence-electron chi connectivity index (χ0n) is 15.8. The second-order valence-electron chi connectivity index (χ2n) is 6.61. The Bertz CT molecular complexity index is 750. The quantitative estimate of drug-likeness (QED) is 0.895. The molecule has 0 radical (unpaired) electrons. The summed E-state index contributed by atoms with van der Waals surface area (Å²) in [6, 6.07) is 13.6. The van der Waals surface area contributed by atoms with Gasteiger partial charge in [0.25, 0.3) is 5.91 Å². The number of nitrogens with zero attached hydrogens (tertiary/aromatic N) is 2. The van der Waals surface area contributed by atoms with E-state index < -0.39 is 0 Å². The first kappa shape index (κ1) is 18.3. The van der Waals surface area contributed by atoms with Gasteiger partial charge in [-0.25, -0.2) is 0 Å². The van der Waals surface area contributed by atoms with E-state index in [-0.39, 0.29) is 5.91 Å². The van der Waals surface area contributed by atoms with Gasteiger partial charge in [-0.1, -0.05) is 13.0 Å². The van der Waals surface area contributed by atoms with E-state index in [9.17, 15) is 4.79 Å². The van der Waals surface area contributed by atoms with Crippen molar-refractivity contribution >= 4 is 17.3 Å². The maximum atomic E-state index is 12.5. The number of amides is 1. The SMILES string of the molecule is CCN1CCN(c2ccc(NC(=O)c3ccc(C)c(OC)c3)cc2)CC1. The number of likely N-dealkylation sites (N-methyl/N-ethyl adjacent to an activating group) is 1. The van der Waals surface area contributed by atoms with E-state index in [1.807, 2.05) is 31.2 Å². The molecule has 5 heteroatoms. The summed E-state index contributed by atoms with van der Waals surface area (Å²) in [4.78, 5) is 17.3. The van der Waals surface area contributed by atoms with Gasteiger partial charge < -0.3 is 19.9 Å². The van der Waals surface area contributed by atoms with Crippen LogP contribution in [0.25, 0.3) is 0 Å². The predicted octanol–water partition coefficient (Wildman–Crippen LogP) is 3.40. The van der Waals surface area contributed by atoms with Gasteiger partial charge in [-0.2, -0.15) is 0 Å². The first-order valence-corrected chi connectivity index (χ1v) is 9.14. The van der Waals surface area contributed by atoms with Crippen LogP contribution in [0.3, 0.4) is 0 Å². The van der Waals surface area contributed by atoms with E-state index in [0.717, 1.165) is 49.7 Å². The summed E-state index contributed by atoms with van der Waals surface area (Å²) < 4.78 is 5.30. The number of nitrogens with one attached hydrogen (secondary N) is 1. The number of aryl methyl sites for hydroxylation is 1. The van der Waals surface area contributed by atoms with E-state index in [1.54, 1.807) is 13.2 Å². The van der Waals surface area contributed by atoms with Crippen LogP contribution >= 0.6 is 0 Å². The summed E-state index contributed by atoms with van der Waals surface area (Å²) >= 11 is 0. The smallest absolute Gasteiger partial charge is 0.255 e. The van der Waals surface area contributed by atoms with E-state index in [1.165, 1.54) is 5.69 Å². The van der Waals surface area contributed by atoms with Gasteiger partial charge in [0.2, 0.25) is 0 Å². The lowest BCUT2D eigenvalue weighted by atomic mass is 10.1. The van der Waals surface area contributed by atoms with Crippen LogP contribution in [0.4, 0.5) is 11.4 Å². The zero-order chi connectivity index (χ0) is 18.5. The second-order valence-corrected chi connectivity index (χ2v) is 6.61. The molecule has 3 rings (SSSR count). The van der Waals surface area contributed by atoms with Crippen molar-refractivity contribution in [1.82, 2.24) is 4.90 Å². The van der Waals surface area contributed by atoms with Crippen LogP contribution in [-0.4, -0.2) is 50.6 Å². The summed E-state index contributed by atoms with van der Waals surface area (Å²) in [6.45, 7) is 9.57. The lowest BCUT2D eigenvalue weighted by molar-refractivity contribution is 0.102. The minimum atomic E-state index is -0.132. The molecule has 1 fully saturated rings. The van der Waals surface area contributed by atoms with Crippen molar-refractivity contribution in [1.29, 1.82) is 0 Å². The molecule has 1 aliphatic heterocycles. The Kier molecular flexibility index (Phi) is 5.78. The van der Waals surface area contributed by atoms with Crippen molar-refractivity contribution < 1.29 is 9.53 Å². The molecular weight excluding hydrogens is 326 g/mol. The number of piperazine rings is 1. The molecule has 1 N–H and O–H groups in total. The van der Waals surface area contributed by atoms with Crippen LogP contribution < -0.4 is 15.0 Å². The number of hydrogen-bond donors (Lipinski definition) is 1. The monoisotopic (exact) mass is 353 g/mol. The van der Waals surface area contributed by atoms with Gasteiger partial charge in [0, 0.05) is 43.1 Å². The Morgan fingerprint density at radius 3 is 2.38 bits per heavy atom. The summed E-state index contributed by atoms with van der Waals surface area (Å²) in [5, 5.41) is 2.95. The van der Waals surface area contributed by atoms with Crippen molar-refractivity contribution in [2.24, 2.45) is 0 Å². The van der Waals surface area contributed by atoms with E-state index in [0.29, 0.717) is 5.56 Å². The molecule has 0 aromatic heterocycles. The number of carbonyl (C=O) groups is 1. The Morgan fingerprint density at radius 2 is 1.77 bits per heavy atom. The van der Waals surface area contributed by atoms with Crippen molar-refractivity contribution in [3.8, 4) is 5.75 Å². The van der Waals surface area contributed by atoms with Crippen LogP contribution in [0.5, 0.6) is 5.75 Å². The van der Waals surface area contributed by atoms with Crippen molar-refractivity contribution in [3.05, 3.63) is 53.6 Å². The number of benzene rings is 2. The highest BCUT2D eigenvalue weighted by molar-refractivity contribution is 6.04. The third-order valence-electron chi connectivity index (χ3n) is 4.98. The van der Waals surface area contributed by atoms with Gasteiger partial charge in [0.05, 0.1) is 7.11 Å². The largest absolute Gasteiger partial charge is 0.496 e. The number of ether oxygens (including phenoxy) is 1. The molecule has 1 amide bonds. The summed E-state index contributed by atoms with van der Waals surface area (Å²) in [6.07, 6.45) is 0. The molecule has 1 heterocycles. The zero-order valence-corrected chi connectivity index (χ0v) is 15.8. The molecule has 138 valence electrons. The highest BCUT2D eigenvalue weighted by atomic mass is 16.5. The number of hydrogen-bond acceptors (Lipinski definition) is 4. The first-order valence-electron chi connectivity index (χ1n) is 9.14. The third kappa shape index (κ3) is 4.17. The third-order valence-corrected chi connectivity index (χ3v) is 4.98. The maximum Gasteiger partial charge on any atom is 0.255 e. The van der Waals surface area contributed by atoms with Crippen LogP contribution in [0.1, 0.15) is 22.8 Å². The molecule has 2 aromatic carbocycles. The fourth-order valence-corrected chi connectivity index (χ4v) is 3.24. The number of anilines is 2. The molecule has 0 unspecified atom stereocenters. The molecule has 1 aliphatic rings. The average Bonchev–Trinajstić information content (AvgIpc) is 2.69. The predicted molar refractivity (Wildman–Crippen MR) is 106 cm³/mol. The highest BCUT2D eigenvalue weighted by Crippen LogP contribution is 2.22. The van der Waals surface area contributed by atoms with Gasteiger partial charge in [0.1, 0.15) is 5.75 Å². The molecule has 0 saturated carbocycles. The molecule has 0 aliphatic carbocycles. The molecule has 1 saturated heterocycles. The number of methoxy groups -OCH3 is 1. The fraction of sp³-hybridized carbons (Fsp3) is 0.381. The highest BCUT2D eigenvalue weighted by Gasteiger charge is 2.16. The molecule has 0 spiro atoms. The normalized spacial score (nSPS) is 15.0.